The third kappa shape index (κ3) is 5.96. The van der Waals surface area contributed by atoms with Gasteiger partial charge >= 0.3 is 5.97 Å². The molecule has 0 heterocycles. The van der Waals surface area contributed by atoms with E-state index in [1.54, 1.807) is 30.3 Å². The Labute approximate surface area is 155 Å². The molecule has 0 aromatic heterocycles. The molecular weight excluding hydrogens is 365 g/mol. The molecule has 5 nitrogen and oxygen atoms in total. The zero-order valence-electron chi connectivity index (χ0n) is 13.6. The van der Waals surface area contributed by atoms with E-state index in [0.717, 1.165) is 5.56 Å². The van der Waals surface area contributed by atoms with Gasteiger partial charge in [0, 0.05) is 16.6 Å². The number of methoxy groups -OCH3 is 1. The third-order valence-electron chi connectivity index (χ3n) is 3.36. The molecule has 0 spiro atoms. The van der Waals surface area contributed by atoms with Gasteiger partial charge in [-0.25, -0.2) is 4.79 Å². The topological polar surface area (TPSA) is 64.6 Å². The Kier molecular flexibility index (Phi) is 7.10. The molecule has 1 N–H and O–H groups in total. The van der Waals surface area contributed by atoms with Crippen LogP contribution < -0.4 is 10.1 Å². The monoisotopic (exact) mass is 381 g/mol. The fourth-order valence-electron chi connectivity index (χ4n) is 2.09. The van der Waals surface area contributed by atoms with E-state index < -0.39 is 5.97 Å². The van der Waals surface area contributed by atoms with Crippen molar-refractivity contribution < 1.29 is 19.1 Å². The maximum Gasteiger partial charge on any atom is 0.337 e. The van der Waals surface area contributed by atoms with Crippen LogP contribution in [0.1, 0.15) is 15.9 Å². The first kappa shape index (κ1) is 19.1. The SMILES string of the molecule is COC(=O)c1cccc(OCC(=O)NCCc2ccc(Cl)cc2Cl)c1. The average molecular weight is 382 g/mol. The quantitative estimate of drug-likeness (QED) is 0.745. The minimum Gasteiger partial charge on any atom is -0.484 e. The van der Waals surface area contributed by atoms with E-state index in [4.69, 9.17) is 27.9 Å². The van der Waals surface area contributed by atoms with Crippen molar-refractivity contribution in [3.05, 3.63) is 63.6 Å². The summed E-state index contributed by atoms with van der Waals surface area (Å²) in [6.45, 7) is 0.269. The Morgan fingerprint density at radius 2 is 1.92 bits per heavy atom. The second-order valence-electron chi connectivity index (χ2n) is 5.14. The van der Waals surface area contributed by atoms with Crippen molar-refractivity contribution in [2.75, 3.05) is 20.3 Å². The molecule has 2 aromatic rings. The van der Waals surface area contributed by atoms with Crippen LogP contribution in [0.5, 0.6) is 5.75 Å². The normalized spacial score (nSPS) is 10.2. The van der Waals surface area contributed by atoms with Crippen molar-refractivity contribution in [1.82, 2.24) is 5.32 Å². The highest BCUT2D eigenvalue weighted by atomic mass is 35.5. The highest BCUT2D eigenvalue weighted by molar-refractivity contribution is 6.35. The largest absolute Gasteiger partial charge is 0.484 e. The lowest BCUT2D eigenvalue weighted by Crippen LogP contribution is -2.30. The van der Waals surface area contributed by atoms with Crippen LogP contribution in [-0.2, 0) is 16.0 Å². The Hall–Kier alpha value is -2.24. The summed E-state index contributed by atoms with van der Waals surface area (Å²) in [5, 5.41) is 3.88. The molecule has 0 aliphatic heterocycles. The van der Waals surface area contributed by atoms with Crippen LogP contribution in [-0.4, -0.2) is 32.1 Å². The van der Waals surface area contributed by atoms with Crippen molar-refractivity contribution in [3.8, 4) is 5.75 Å². The van der Waals surface area contributed by atoms with Gasteiger partial charge in [0.1, 0.15) is 5.75 Å². The number of rotatable bonds is 7. The van der Waals surface area contributed by atoms with Crippen LogP contribution >= 0.6 is 23.2 Å². The molecule has 2 aromatic carbocycles. The van der Waals surface area contributed by atoms with E-state index in [2.05, 4.69) is 10.1 Å². The first-order valence-electron chi connectivity index (χ1n) is 7.51. The number of ether oxygens (including phenoxy) is 2. The second-order valence-corrected chi connectivity index (χ2v) is 5.99. The molecule has 0 aliphatic rings. The molecule has 0 saturated heterocycles. The number of esters is 1. The van der Waals surface area contributed by atoms with E-state index in [0.29, 0.717) is 34.3 Å². The maximum absolute atomic E-state index is 11.8. The Morgan fingerprint density at radius 3 is 2.64 bits per heavy atom. The molecule has 0 saturated carbocycles. The molecule has 0 atom stereocenters. The van der Waals surface area contributed by atoms with Gasteiger partial charge in [0.2, 0.25) is 0 Å². The predicted octanol–water partition coefficient (Wildman–Crippen LogP) is 3.52. The summed E-state index contributed by atoms with van der Waals surface area (Å²) in [4.78, 5) is 23.3. The van der Waals surface area contributed by atoms with Crippen molar-refractivity contribution in [3.63, 3.8) is 0 Å². The van der Waals surface area contributed by atoms with Crippen LogP contribution in [0.15, 0.2) is 42.5 Å². The van der Waals surface area contributed by atoms with E-state index in [1.807, 2.05) is 6.07 Å². The molecule has 1 amide bonds. The van der Waals surface area contributed by atoms with E-state index >= 15 is 0 Å². The average Bonchev–Trinajstić information content (AvgIpc) is 2.61. The Morgan fingerprint density at radius 1 is 1.12 bits per heavy atom. The molecule has 7 heteroatoms. The summed E-state index contributed by atoms with van der Waals surface area (Å²) in [7, 11) is 1.30. The predicted molar refractivity (Wildman–Crippen MR) is 96.5 cm³/mol. The summed E-state index contributed by atoms with van der Waals surface area (Å²) < 4.78 is 10.0. The molecular formula is C18H17Cl2NO4. The lowest BCUT2D eigenvalue weighted by molar-refractivity contribution is -0.123. The zero-order valence-corrected chi connectivity index (χ0v) is 15.1. The molecule has 0 aliphatic carbocycles. The fourth-order valence-corrected chi connectivity index (χ4v) is 2.59. The van der Waals surface area contributed by atoms with E-state index in [9.17, 15) is 9.59 Å². The minimum atomic E-state index is -0.463. The lowest BCUT2D eigenvalue weighted by atomic mass is 10.1. The van der Waals surface area contributed by atoms with Gasteiger partial charge in [-0.1, -0.05) is 35.3 Å². The Bertz CT molecular complexity index is 764. The van der Waals surface area contributed by atoms with Crippen LogP contribution in [0, 0.1) is 0 Å². The number of halogens is 2. The van der Waals surface area contributed by atoms with Crippen molar-refractivity contribution >= 4 is 35.1 Å². The number of nitrogens with one attached hydrogen (secondary N) is 1. The maximum atomic E-state index is 11.8. The molecule has 0 unspecified atom stereocenters. The molecule has 25 heavy (non-hydrogen) atoms. The molecule has 0 radical (unpaired) electrons. The third-order valence-corrected chi connectivity index (χ3v) is 3.94. The van der Waals surface area contributed by atoms with Crippen LogP contribution in [0.2, 0.25) is 10.0 Å². The van der Waals surface area contributed by atoms with Crippen LogP contribution in [0.4, 0.5) is 0 Å². The van der Waals surface area contributed by atoms with Gasteiger partial charge in [-0.3, -0.25) is 4.79 Å². The minimum absolute atomic E-state index is 0.154. The van der Waals surface area contributed by atoms with E-state index in [1.165, 1.54) is 13.2 Å². The fraction of sp³-hybridized carbons (Fsp3) is 0.222. The number of amides is 1. The van der Waals surface area contributed by atoms with Crippen molar-refractivity contribution in [2.45, 2.75) is 6.42 Å². The number of carbonyl (C=O) groups is 2. The molecule has 0 fully saturated rings. The van der Waals surface area contributed by atoms with Gasteiger partial charge in [-0.15, -0.1) is 0 Å². The number of carbonyl (C=O) groups excluding carboxylic acids is 2. The summed E-state index contributed by atoms with van der Waals surface area (Å²) in [5.74, 6) is -0.318. The summed E-state index contributed by atoms with van der Waals surface area (Å²) in [5.41, 5.74) is 1.26. The van der Waals surface area contributed by atoms with Gasteiger partial charge in [0.15, 0.2) is 6.61 Å². The first-order chi connectivity index (χ1) is 12.0. The van der Waals surface area contributed by atoms with Gasteiger partial charge in [0.05, 0.1) is 12.7 Å². The van der Waals surface area contributed by atoms with Gasteiger partial charge in [-0.05, 0) is 42.3 Å². The summed E-state index contributed by atoms with van der Waals surface area (Å²) in [6.07, 6.45) is 0.583. The van der Waals surface area contributed by atoms with Gasteiger partial charge < -0.3 is 14.8 Å². The standard InChI is InChI=1S/C18H17Cl2NO4/c1-24-18(23)13-3-2-4-15(9-13)25-11-17(22)21-8-7-12-5-6-14(19)10-16(12)20/h2-6,9-10H,7-8,11H2,1H3,(H,21,22). The van der Waals surface area contributed by atoms with E-state index in [-0.39, 0.29) is 12.5 Å². The summed E-state index contributed by atoms with van der Waals surface area (Å²) >= 11 is 11.9. The lowest BCUT2D eigenvalue weighted by Gasteiger charge is -2.09. The highest BCUT2D eigenvalue weighted by Gasteiger charge is 2.08. The second kappa shape index (κ2) is 9.30. The Balaban J connectivity index is 1.78. The zero-order chi connectivity index (χ0) is 18.2. The van der Waals surface area contributed by atoms with Crippen molar-refractivity contribution in [1.29, 1.82) is 0 Å². The first-order valence-corrected chi connectivity index (χ1v) is 8.27. The van der Waals surface area contributed by atoms with Crippen LogP contribution in [0.3, 0.4) is 0 Å². The number of hydrogen-bond donors (Lipinski definition) is 1. The molecule has 2 rings (SSSR count). The molecule has 132 valence electrons. The smallest absolute Gasteiger partial charge is 0.337 e. The van der Waals surface area contributed by atoms with Crippen LogP contribution in [0.25, 0.3) is 0 Å². The number of benzene rings is 2. The number of hydrogen-bond acceptors (Lipinski definition) is 4. The molecule has 0 bridgehead atoms. The van der Waals surface area contributed by atoms with Crippen molar-refractivity contribution in [2.24, 2.45) is 0 Å². The van der Waals surface area contributed by atoms with Gasteiger partial charge in [0.25, 0.3) is 5.91 Å². The summed E-state index contributed by atoms with van der Waals surface area (Å²) in [6, 6.07) is 11.7. The highest BCUT2D eigenvalue weighted by Crippen LogP contribution is 2.21. The van der Waals surface area contributed by atoms with Gasteiger partial charge in [-0.2, -0.15) is 0 Å².